The van der Waals surface area contributed by atoms with Gasteiger partial charge in [0, 0.05) is 5.56 Å². The standard InChI is InChI=1S/C16H20O5/c1-5-16(15(18)21-4)9-8-10-11(19-2)6-7-12(20-3)13(10)14(16)17/h6-7H,5,8-9H2,1-4H3/t16-/m0/s1. The van der Waals surface area contributed by atoms with Crippen molar-refractivity contribution in [3.63, 3.8) is 0 Å². The SMILES string of the molecule is CC[C@]1(C(=O)OC)CCc2c(OC)ccc(OC)c2C1=O. The van der Waals surface area contributed by atoms with Crippen LogP contribution in [-0.4, -0.2) is 33.1 Å². The lowest BCUT2D eigenvalue weighted by Crippen LogP contribution is -2.43. The molecule has 1 aromatic carbocycles. The monoisotopic (exact) mass is 292 g/mol. The van der Waals surface area contributed by atoms with Crippen molar-refractivity contribution in [1.29, 1.82) is 0 Å². The van der Waals surface area contributed by atoms with E-state index in [1.165, 1.54) is 14.2 Å². The van der Waals surface area contributed by atoms with Crippen molar-refractivity contribution in [2.45, 2.75) is 26.2 Å². The molecular weight excluding hydrogens is 272 g/mol. The Bertz CT molecular complexity index is 578. The van der Waals surface area contributed by atoms with Crippen LogP contribution in [0.2, 0.25) is 0 Å². The molecule has 1 aromatic rings. The Morgan fingerprint density at radius 3 is 2.33 bits per heavy atom. The smallest absolute Gasteiger partial charge is 0.319 e. The van der Waals surface area contributed by atoms with Crippen molar-refractivity contribution in [1.82, 2.24) is 0 Å². The maximum atomic E-state index is 13.0. The van der Waals surface area contributed by atoms with Crippen LogP contribution in [0.1, 0.15) is 35.7 Å². The largest absolute Gasteiger partial charge is 0.496 e. The van der Waals surface area contributed by atoms with E-state index in [-0.39, 0.29) is 5.78 Å². The Labute approximate surface area is 124 Å². The number of benzene rings is 1. The Balaban J connectivity index is 2.64. The molecule has 0 spiro atoms. The van der Waals surface area contributed by atoms with E-state index in [1.54, 1.807) is 19.2 Å². The number of methoxy groups -OCH3 is 3. The molecule has 5 heteroatoms. The Hall–Kier alpha value is -2.04. The first kappa shape index (κ1) is 15.4. The summed E-state index contributed by atoms with van der Waals surface area (Å²) in [6.45, 7) is 1.83. The van der Waals surface area contributed by atoms with Crippen molar-refractivity contribution in [2.24, 2.45) is 5.41 Å². The topological polar surface area (TPSA) is 61.8 Å². The molecule has 0 saturated carbocycles. The lowest BCUT2D eigenvalue weighted by atomic mass is 9.68. The zero-order valence-electron chi connectivity index (χ0n) is 12.8. The van der Waals surface area contributed by atoms with Crippen molar-refractivity contribution < 1.29 is 23.8 Å². The molecule has 0 heterocycles. The summed E-state index contributed by atoms with van der Waals surface area (Å²) >= 11 is 0. The lowest BCUT2D eigenvalue weighted by molar-refractivity contribution is -0.150. The van der Waals surface area contributed by atoms with Gasteiger partial charge in [0.2, 0.25) is 0 Å². The van der Waals surface area contributed by atoms with Gasteiger partial charge in [0.05, 0.1) is 26.9 Å². The zero-order valence-corrected chi connectivity index (χ0v) is 12.8. The van der Waals surface area contributed by atoms with Crippen molar-refractivity contribution >= 4 is 11.8 Å². The third-order valence-corrected chi connectivity index (χ3v) is 4.31. The maximum Gasteiger partial charge on any atom is 0.319 e. The van der Waals surface area contributed by atoms with E-state index in [9.17, 15) is 9.59 Å². The summed E-state index contributed by atoms with van der Waals surface area (Å²) in [6, 6.07) is 3.47. The number of ketones is 1. The van der Waals surface area contributed by atoms with E-state index in [2.05, 4.69) is 0 Å². The summed E-state index contributed by atoms with van der Waals surface area (Å²) in [5.74, 6) is 0.394. The second-order valence-electron chi connectivity index (χ2n) is 5.08. The third kappa shape index (κ3) is 2.17. The van der Waals surface area contributed by atoms with Crippen LogP contribution in [0.3, 0.4) is 0 Å². The molecular formula is C16H20O5. The van der Waals surface area contributed by atoms with Gasteiger partial charge in [0.1, 0.15) is 16.9 Å². The van der Waals surface area contributed by atoms with Gasteiger partial charge >= 0.3 is 5.97 Å². The van der Waals surface area contributed by atoms with E-state index in [4.69, 9.17) is 14.2 Å². The number of hydrogen-bond acceptors (Lipinski definition) is 5. The van der Waals surface area contributed by atoms with Crippen molar-refractivity contribution in [2.75, 3.05) is 21.3 Å². The molecule has 21 heavy (non-hydrogen) atoms. The first-order valence-corrected chi connectivity index (χ1v) is 6.92. The molecule has 0 unspecified atom stereocenters. The number of esters is 1. The first-order valence-electron chi connectivity index (χ1n) is 6.92. The summed E-state index contributed by atoms with van der Waals surface area (Å²) in [4.78, 5) is 25.2. The van der Waals surface area contributed by atoms with Crippen LogP contribution in [0.5, 0.6) is 11.5 Å². The number of ether oxygens (including phenoxy) is 3. The Morgan fingerprint density at radius 1 is 1.19 bits per heavy atom. The molecule has 0 fully saturated rings. The number of hydrogen-bond donors (Lipinski definition) is 0. The molecule has 1 aliphatic carbocycles. The number of rotatable bonds is 4. The maximum absolute atomic E-state index is 13.0. The van der Waals surface area contributed by atoms with Crippen molar-refractivity contribution in [3.8, 4) is 11.5 Å². The van der Waals surface area contributed by atoms with Gasteiger partial charge in [0.25, 0.3) is 0 Å². The Morgan fingerprint density at radius 2 is 1.81 bits per heavy atom. The third-order valence-electron chi connectivity index (χ3n) is 4.31. The lowest BCUT2D eigenvalue weighted by Gasteiger charge is -2.34. The molecule has 0 aliphatic heterocycles. The molecule has 0 radical (unpaired) electrons. The molecule has 0 aromatic heterocycles. The summed E-state index contributed by atoms with van der Waals surface area (Å²) in [7, 11) is 4.38. The van der Waals surface area contributed by atoms with Crippen LogP contribution in [0.15, 0.2) is 12.1 Å². The predicted molar refractivity (Wildman–Crippen MR) is 76.9 cm³/mol. The highest BCUT2D eigenvalue weighted by Gasteiger charge is 2.50. The fourth-order valence-electron chi connectivity index (χ4n) is 3.03. The zero-order chi connectivity index (χ0) is 15.6. The molecule has 0 bridgehead atoms. The van der Waals surface area contributed by atoms with Crippen LogP contribution in [-0.2, 0) is 16.0 Å². The molecule has 0 amide bonds. The average molecular weight is 292 g/mol. The highest BCUT2D eigenvalue weighted by atomic mass is 16.5. The highest BCUT2D eigenvalue weighted by Crippen LogP contribution is 2.45. The van der Waals surface area contributed by atoms with Crippen LogP contribution < -0.4 is 9.47 Å². The summed E-state index contributed by atoms with van der Waals surface area (Å²) in [5.41, 5.74) is 0.117. The summed E-state index contributed by atoms with van der Waals surface area (Å²) in [6.07, 6.45) is 1.40. The molecule has 1 aliphatic rings. The van der Waals surface area contributed by atoms with E-state index >= 15 is 0 Å². The van der Waals surface area contributed by atoms with Crippen molar-refractivity contribution in [3.05, 3.63) is 23.3 Å². The minimum absolute atomic E-state index is 0.242. The molecule has 0 N–H and O–H groups in total. The van der Waals surface area contributed by atoms with E-state index in [1.807, 2.05) is 6.92 Å². The average Bonchev–Trinajstić information content (AvgIpc) is 2.53. The number of carbonyl (C=O) groups is 2. The van der Waals surface area contributed by atoms with E-state index in [0.29, 0.717) is 36.3 Å². The molecule has 1 atom stereocenters. The van der Waals surface area contributed by atoms with Crippen LogP contribution in [0, 0.1) is 5.41 Å². The van der Waals surface area contributed by atoms with E-state index in [0.717, 1.165) is 5.56 Å². The fourth-order valence-corrected chi connectivity index (χ4v) is 3.03. The normalized spacial score (nSPS) is 20.7. The quantitative estimate of drug-likeness (QED) is 0.630. The van der Waals surface area contributed by atoms with Gasteiger partial charge < -0.3 is 14.2 Å². The number of fused-ring (bicyclic) bond motifs is 1. The number of carbonyl (C=O) groups excluding carboxylic acids is 2. The molecule has 0 saturated heterocycles. The van der Waals surface area contributed by atoms with Crippen LogP contribution in [0.4, 0.5) is 0 Å². The molecule has 5 nitrogen and oxygen atoms in total. The molecule has 2 rings (SSSR count). The second kappa shape index (κ2) is 5.76. The van der Waals surface area contributed by atoms with Gasteiger partial charge in [-0.15, -0.1) is 0 Å². The Kier molecular flexibility index (Phi) is 4.21. The van der Waals surface area contributed by atoms with Gasteiger partial charge in [-0.2, -0.15) is 0 Å². The molecule has 114 valence electrons. The first-order chi connectivity index (χ1) is 10.1. The van der Waals surface area contributed by atoms with Gasteiger partial charge in [0.15, 0.2) is 5.78 Å². The van der Waals surface area contributed by atoms with E-state index < -0.39 is 11.4 Å². The predicted octanol–water partition coefficient (Wildman–Crippen LogP) is 2.40. The summed E-state index contributed by atoms with van der Waals surface area (Å²) in [5, 5.41) is 0. The highest BCUT2D eigenvalue weighted by molar-refractivity contribution is 6.15. The van der Waals surface area contributed by atoms with Gasteiger partial charge in [-0.05, 0) is 31.4 Å². The van der Waals surface area contributed by atoms with Crippen LogP contribution in [0.25, 0.3) is 0 Å². The van der Waals surface area contributed by atoms with Gasteiger partial charge in [-0.3, -0.25) is 9.59 Å². The number of Topliss-reactive ketones (excluding diaryl/α,β-unsaturated/α-hetero) is 1. The minimum atomic E-state index is -1.12. The summed E-state index contributed by atoms with van der Waals surface area (Å²) < 4.78 is 15.5. The minimum Gasteiger partial charge on any atom is -0.496 e. The van der Waals surface area contributed by atoms with Gasteiger partial charge in [-0.25, -0.2) is 0 Å². The van der Waals surface area contributed by atoms with Crippen LogP contribution >= 0.6 is 0 Å². The van der Waals surface area contributed by atoms with Gasteiger partial charge in [-0.1, -0.05) is 6.92 Å². The fraction of sp³-hybridized carbons (Fsp3) is 0.500. The second-order valence-corrected chi connectivity index (χ2v) is 5.08.